The van der Waals surface area contributed by atoms with Crippen molar-refractivity contribution >= 4 is 50.7 Å². The van der Waals surface area contributed by atoms with Crippen LogP contribution in [0.25, 0.3) is 11.0 Å². The van der Waals surface area contributed by atoms with E-state index in [1.165, 1.54) is 9.13 Å². The quantitative estimate of drug-likeness (QED) is 0.361. The molecule has 332 valence electrons. The smallest absolute Gasteiger partial charge is 0.329 e. The molecule has 0 bridgehead atoms. The van der Waals surface area contributed by atoms with Crippen molar-refractivity contribution in [3.8, 4) is 0 Å². The lowest BCUT2D eigenvalue weighted by atomic mass is 9.81. The molecule has 0 radical (unpaired) electrons. The Labute approximate surface area is 362 Å². The number of aliphatic imine (C=N–C) groups is 1. The van der Waals surface area contributed by atoms with E-state index in [1.807, 2.05) is 29.3 Å². The van der Waals surface area contributed by atoms with Gasteiger partial charge in [0, 0.05) is 82.5 Å². The highest BCUT2D eigenvalue weighted by atomic mass is 32.2. The van der Waals surface area contributed by atoms with Crippen LogP contribution in [0, 0.1) is 11.3 Å². The first kappa shape index (κ1) is 41.4. The summed E-state index contributed by atoms with van der Waals surface area (Å²) in [5, 5.41) is 5.80. The Bertz CT molecular complexity index is 2490. The zero-order valence-corrected chi connectivity index (χ0v) is 36.8. The molecule has 10 rings (SSSR count). The molecule has 3 atom stereocenters. The number of rotatable bonds is 9. The van der Waals surface area contributed by atoms with Gasteiger partial charge in [-0.05, 0) is 101 Å². The number of aromatic nitrogens is 2. The summed E-state index contributed by atoms with van der Waals surface area (Å²) < 4.78 is 34.1. The minimum Gasteiger partial charge on any atom is -0.350 e. The van der Waals surface area contributed by atoms with Gasteiger partial charge >= 0.3 is 5.69 Å². The summed E-state index contributed by atoms with van der Waals surface area (Å²) in [7, 11) is -2.03. The second-order valence-electron chi connectivity index (χ2n) is 19.3. The molecular weight excluding hydrogens is 811 g/mol. The molecule has 8 aliphatic rings. The normalized spacial score (nSPS) is 28.5. The molecule has 16 nitrogen and oxygen atoms in total. The highest BCUT2D eigenvalue weighted by molar-refractivity contribution is 7.86. The van der Waals surface area contributed by atoms with Crippen LogP contribution in [0.15, 0.2) is 51.5 Å². The maximum Gasteiger partial charge on any atom is 0.329 e. The van der Waals surface area contributed by atoms with Gasteiger partial charge in [-0.15, -0.1) is 0 Å². The predicted octanol–water partition coefficient (Wildman–Crippen LogP) is 3.39. The highest BCUT2D eigenvalue weighted by Gasteiger charge is 2.63. The molecule has 2 spiro atoms. The van der Waals surface area contributed by atoms with Gasteiger partial charge in [-0.2, -0.15) is 17.0 Å². The van der Waals surface area contributed by atoms with Gasteiger partial charge in [0.1, 0.15) is 11.9 Å². The number of imidazole rings is 1. The first-order valence-electron chi connectivity index (χ1n) is 23.0. The molecule has 2 aliphatic carbocycles. The predicted molar refractivity (Wildman–Crippen MR) is 232 cm³/mol. The summed E-state index contributed by atoms with van der Waals surface area (Å²) in [6.45, 7) is 4.30. The number of piperidine rings is 3. The summed E-state index contributed by atoms with van der Waals surface area (Å²) in [4.78, 5) is 74.2. The summed E-state index contributed by atoms with van der Waals surface area (Å²) in [6, 6.07) is 5.21. The number of fused-ring (bicyclic) bond motifs is 3. The largest absolute Gasteiger partial charge is 0.350 e. The molecule has 5 saturated heterocycles. The lowest BCUT2D eigenvalue weighted by Crippen LogP contribution is -2.74. The van der Waals surface area contributed by atoms with E-state index < -0.39 is 27.7 Å². The van der Waals surface area contributed by atoms with Crippen LogP contribution in [0.3, 0.4) is 0 Å². The van der Waals surface area contributed by atoms with Crippen LogP contribution in [0.2, 0.25) is 0 Å². The van der Waals surface area contributed by atoms with Crippen molar-refractivity contribution in [2.24, 2.45) is 23.4 Å². The number of benzene rings is 1. The summed E-state index contributed by atoms with van der Waals surface area (Å²) >= 11 is 0. The standard InChI is InChI=1S/C45H59N9O7S/c1-29-7-5-9-33(29)53-34-13-15-38(46-26-32(34)45(20-21-45)42(53)58)47-31-17-23-50(24-18-31)62(60,61)51-27-44(28-51)19-3-4-22-52(44)40(56)10-6-8-30-11-12-35-37(25-30)49(2)43(59)54(35)36-14-16-39(55)48-41(36)57/h11-13,25-26,29,31,33,36H,3-10,14-24,27-28H2,1-2H3,(H,46,47)(H,48,55,57). The Kier molecular flexibility index (Phi) is 10.4. The fourth-order valence-electron chi connectivity index (χ4n) is 11.7. The molecule has 2 N–H and O–H groups in total. The molecule has 1 aromatic carbocycles. The van der Waals surface area contributed by atoms with E-state index in [0.29, 0.717) is 88.2 Å². The molecule has 17 heteroatoms. The highest BCUT2D eigenvalue weighted by Crippen LogP contribution is 2.62. The maximum absolute atomic E-state index is 14.0. The minimum atomic E-state index is -3.70. The summed E-state index contributed by atoms with van der Waals surface area (Å²) in [5.41, 5.74) is 3.30. The number of nitrogens with zero attached hydrogens (tertiary/aromatic N) is 7. The van der Waals surface area contributed by atoms with E-state index in [-0.39, 0.29) is 53.8 Å². The van der Waals surface area contributed by atoms with Crippen LogP contribution < -0.4 is 16.3 Å². The molecular formula is C45H59N9O7S. The number of hydrogen-bond acceptors (Lipinski definition) is 8. The molecule has 2 saturated carbocycles. The average Bonchev–Trinajstić information content (AvgIpc) is 3.88. The van der Waals surface area contributed by atoms with Gasteiger partial charge < -0.3 is 15.1 Å². The van der Waals surface area contributed by atoms with Crippen LogP contribution in [0.4, 0.5) is 0 Å². The van der Waals surface area contributed by atoms with Crippen molar-refractivity contribution in [3.63, 3.8) is 0 Å². The van der Waals surface area contributed by atoms with Gasteiger partial charge in [0.15, 0.2) is 0 Å². The van der Waals surface area contributed by atoms with Crippen LogP contribution in [-0.4, -0.2) is 116 Å². The Hall–Kier alpha value is -4.61. The Morgan fingerprint density at radius 1 is 0.919 bits per heavy atom. The molecule has 62 heavy (non-hydrogen) atoms. The average molecular weight is 870 g/mol. The Balaban J connectivity index is 0.730. The second kappa shape index (κ2) is 15.6. The molecule has 7 heterocycles. The third kappa shape index (κ3) is 6.87. The maximum atomic E-state index is 14.0. The van der Waals surface area contributed by atoms with Gasteiger partial charge in [0.25, 0.3) is 10.2 Å². The first-order chi connectivity index (χ1) is 29.8. The number of amidine groups is 1. The van der Waals surface area contributed by atoms with E-state index in [9.17, 15) is 32.4 Å². The van der Waals surface area contributed by atoms with Crippen LogP contribution in [-0.2, 0) is 42.9 Å². The van der Waals surface area contributed by atoms with Gasteiger partial charge in [0.2, 0.25) is 23.6 Å². The van der Waals surface area contributed by atoms with Crippen molar-refractivity contribution in [3.05, 3.63) is 57.8 Å². The number of imide groups is 1. The lowest BCUT2D eigenvalue weighted by Gasteiger charge is -2.57. The van der Waals surface area contributed by atoms with E-state index in [0.717, 1.165) is 74.0 Å². The summed E-state index contributed by atoms with van der Waals surface area (Å²) in [5.74, 6) is 0.878. The van der Waals surface area contributed by atoms with E-state index in [1.54, 1.807) is 15.7 Å². The molecule has 3 unspecified atom stereocenters. The minimum absolute atomic E-state index is 0.00286. The molecule has 1 aromatic heterocycles. The van der Waals surface area contributed by atoms with Gasteiger partial charge in [-0.3, -0.25) is 38.6 Å². The molecule has 7 fully saturated rings. The van der Waals surface area contributed by atoms with Crippen molar-refractivity contribution < 1.29 is 27.6 Å². The number of amides is 4. The SMILES string of the molecule is CC1CCCC1N1C(=O)C2(CC2)C2=CNC(=NC3CCN(S(=O)(=O)N4CC5(CCCCN5C(=O)CCCc5ccc6c(c5)n(C)c(=O)n6C5CCC(=O)NC5=O)C4)CC3)CC=C21. The number of nitrogens with one attached hydrogen (secondary N) is 2. The topological polar surface area (TPSA) is 179 Å². The van der Waals surface area contributed by atoms with Gasteiger partial charge in [-0.25, -0.2) is 4.79 Å². The third-order valence-electron chi connectivity index (χ3n) is 15.5. The van der Waals surface area contributed by atoms with Crippen molar-refractivity contribution in [2.45, 2.75) is 133 Å². The van der Waals surface area contributed by atoms with Crippen LogP contribution in [0.1, 0.15) is 115 Å². The first-order valence-corrected chi connectivity index (χ1v) is 24.4. The molecule has 4 amide bonds. The third-order valence-corrected chi connectivity index (χ3v) is 17.4. The fraction of sp³-hybridized carbons (Fsp3) is 0.644. The number of carbonyl (C=O) groups is 4. The van der Waals surface area contributed by atoms with E-state index in [4.69, 9.17) is 4.99 Å². The number of allylic oxidation sites excluding steroid dienone is 1. The zero-order valence-electron chi connectivity index (χ0n) is 35.9. The van der Waals surface area contributed by atoms with Crippen LogP contribution in [0.5, 0.6) is 0 Å². The Morgan fingerprint density at radius 2 is 1.71 bits per heavy atom. The Morgan fingerprint density at radius 3 is 2.44 bits per heavy atom. The fourth-order valence-corrected chi connectivity index (χ4v) is 13.5. The lowest BCUT2D eigenvalue weighted by molar-refractivity contribution is -0.147. The number of aryl methyl sites for hydroxylation is 2. The monoisotopic (exact) mass is 869 g/mol. The number of hydrogen-bond donors (Lipinski definition) is 2. The van der Waals surface area contributed by atoms with E-state index >= 15 is 0 Å². The second-order valence-corrected chi connectivity index (χ2v) is 21.2. The number of likely N-dealkylation sites (tertiary alicyclic amines) is 2. The van der Waals surface area contributed by atoms with Crippen LogP contribution >= 0.6 is 0 Å². The van der Waals surface area contributed by atoms with Crippen molar-refractivity contribution in [2.75, 3.05) is 32.7 Å². The van der Waals surface area contributed by atoms with Gasteiger partial charge in [-0.1, -0.05) is 25.5 Å². The number of carbonyl (C=O) groups excluding carboxylic acids is 4. The van der Waals surface area contributed by atoms with Crippen molar-refractivity contribution in [1.29, 1.82) is 0 Å². The summed E-state index contributed by atoms with van der Waals surface area (Å²) in [6.07, 6.45) is 15.9. The van der Waals surface area contributed by atoms with E-state index in [2.05, 4.69) is 28.5 Å². The van der Waals surface area contributed by atoms with Crippen molar-refractivity contribution in [1.82, 2.24) is 38.2 Å². The molecule has 6 aliphatic heterocycles. The van der Waals surface area contributed by atoms with Gasteiger partial charge in [0.05, 0.1) is 28.0 Å². The molecule has 2 aromatic rings. The zero-order chi connectivity index (χ0) is 43.1.